The molecular weight excluding hydrogens is 356 g/mol. The smallest absolute Gasteiger partial charge is 0.337 e. The molecule has 0 saturated carbocycles. The Morgan fingerprint density at radius 3 is 2.64 bits per heavy atom. The van der Waals surface area contributed by atoms with E-state index in [0.29, 0.717) is 29.6 Å². The standard InChI is InChI=1S/C21H22N4O3/c1-14-11-19(22-13-16-7-4-5-10-18(16)27-2)25-21(23-14)24-17-9-6-8-15(12-17)20(26)28-3/h4-12H,13H2,1-3H3,(H2,22,23,24,25). The van der Waals surface area contributed by atoms with E-state index in [-0.39, 0.29) is 0 Å². The van der Waals surface area contributed by atoms with E-state index in [2.05, 4.69) is 20.6 Å². The lowest BCUT2D eigenvalue weighted by atomic mass is 10.2. The molecule has 1 aromatic heterocycles. The van der Waals surface area contributed by atoms with Crippen molar-refractivity contribution in [2.45, 2.75) is 13.5 Å². The first kappa shape index (κ1) is 19.2. The Hall–Kier alpha value is -3.61. The predicted octanol–water partition coefficient (Wildman–Crippen LogP) is 3.94. The monoisotopic (exact) mass is 378 g/mol. The second-order valence-corrected chi connectivity index (χ2v) is 6.08. The van der Waals surface area contributed by atoms with E-state index in [0.717, 1.165) is 17.0 Å². The molecule has 7 heteroatoms. The van der Waals surface area contributed by atoms with Crippen LogP contribution in [0.2, 0.25) is 0 Å². The van der Waals surface area contributed by atoms with E-state index < -0.39 is 5.97 Å². The molecule has 3 aromatic rings. The third-order valence-electron chi connectivity index (χ3n) is 4.05. The molecule has 144 valence electrons. The zero-order chi connectivity index (χ0) is 19.9. The van der Waals surface area contributed by atoms with Gasteiger partial charge in [-0.15, -0.1) is 0 Å². The van der Waals surface area contributed by atoms with E-state index in [4.69, 9.17) is 9.47 Å². The molecule has 0 radical (unpaired) electrons. The largest absolute Gasteiger partial charge is 0.496 e. The summed E-state index contributed by atoms with van der Waals surface area (Å²) < 4.78 is 10.1. The van der Waals surface area contributed by atoms with Gasteiger partial charge in [0, 0.05) is 29.6 Å². The first-order valence-electron chi connectivity index (χ1n) is 8.76. The number of nitrogens with zero attached hydrogens (tertiary/aromatic N) is 2. The Morgan fingerprint density at radius 2 is 1.86 bits per heavy atom. The van der Waals surface area contributed by atoms with Crippen molar-refractivity contribution in [2.24, 2.45) is 0 Å². The number of aromatic nitrogens is 2. The quantitative estimate of drug-likeness (QED) is 0.602. The van der Waals surface area contributed by atoms with Gasteiger partial charge in [0.1, 0.15) is 11.6 Å². The molecule has 0 aliphatic rings. The minimum absolute atomic E-state index is 0.395. The SMILES string of the molecule is COC(=O)c1cccc(Nc2nc(C)cc(NCc3ccccc3OC)n2)c1. The summed E-state index contributed by atoms with van der Waals surface area (Å²) in [5.74, 6) is 1.54. The maximum Gasteiger partial charge on any atom is 0.337 e. The van der Waals surface area contributed by atoms with Crippen molar-refractivity contribution in [1.82, 2.24) is 9.97 Å². The number of benzene rings is 2. The summed E-state index contributed by atoms with van der Waals surface area (Å²) in [6.07, 6.45) is 0. The highest BCUT2D eigenvalue weighted by Crippen LogP contribution is 2.20. The van der Waals surface area contributed by atoms with Crippen LogP contribution >= 0.6 is 0 Å². The van der Waals surface area contributed by atoms with Crippen molar-refractivity contribution >= 4 is 23.4 Å². The molecule has 0 aliphatic carbocycles. The highest BCUT2D eigenvalue weighted by atomic mass is 16.5. The van der Waals surface area contributed by atoms with Crippen molar-refractivity contribution in [1.29, 1.82) is 0 Å². The molecular formula is C21H22N4O3. The van der Waals surface area contributed by atoms with Crippen molar-refractivity contribution in [3.63, 3.8) is 0 Å². The molecule has 0 unspecified atom stereocenters. The predicted molar refractivity (Wildman–Crippen MR) is 108 cm³/mol. The molecule has 0 atom stereocenters. The number of anilines is 3. The Balaban J connectivity index is 1.75. The van der Waals surface area contributed by atoms with Gasteiger partial charge >= 0.3 is 5.97 Å². The van der Waals surface area contributed by atoms with Gasteiger partial charge in [0.15, 0.2) is 0 Å². The molecule has 0 fully saturated rings. The van der Waals surface area contributed by atoms with Gasteiger partial charge in [-0.2, -0.15) is 4.98 Å². The van der Waals surface area contributed by atoms with Gasteiger partial charge in [-0.1, -0.05) is 24.3 Å². The van der Waals surface area contributed by atoms with Crippen LogP contribution in [0.3, 0.4) is 0 Å². The number of hydrogen-bond donors (Lipinski definition) is 2. The Bertz CT molecular complexity index is 975. The van der Waals surface area contributed by atoms with E-state index in [9.17, 15) is 4.79 Å². The lowest BCUT2D eigenvalue weighted by molar-refractivity contribution is 0.0601. The second-order valence-electron chi connectivity index (χ2n) is 6.08. The van der Waals surface area contributed by atoms with Gasteiger partial charge in [0.2, 0.25) is 5.95 Å². The van der Waals surface area contributed by atoms with Crippen LogP contribution in [0, 0.1) is 6.92 Å². The number of hydrogen-bond acceptors (Lipinski definition) is 7. The maximum absolute atomic E-state index is 11.7. The van der Waals surface area contributed by atoms with Crippen molar-refractivity contribution in [2.75, 3.05) is 24.9 Å². The van der Waals surface area contributed by atoms with Gasteiger partial charge < -0.3 is 20.1 Å². The average molecular weight is 378 g/mol. The first-order chi connectivity index (χ1) is 13.6. The van der Waals surface area contributed by atoms with Crippen molar-refractivity contribution < 1.29 is 14.3 Å². The average Bonchev–Trinajstić information content (AvgIpc) is 2.71. The summed E-state index contributed by atoms with van der Waals surface area (Å²) in [4.78, 5) is 20.6. The molecule has 7 nitrogen and oxygen atoms in total. The van der Waals surface area contributed by atoms with Gasteiger partial charge in [-0.3, -0.25) is 0 Å². The highest BCUT2D eigenvalue weighted by Gasteiger charge is 2.08. The minimum Gasteiger partial charge on any atom is -0.496 e. The van der Waals surface area contributed by atoms with Crippen molar-refractivity contribution in [3.05, 3.63) is 71.4 Å². The van der Waals surface area contributed by atoms with Gasteiger partial charge in [-0.25, -0.2) is 9.78 Å². The molecule has 0 bridgehead atoms. The molecule has 2 N–H and O–H groups in total. The maximum atomic E-state index is 11.7. The number of aryl methyl sites for hydroxylation is 1. The van der Waals surface area contributed by atoms with Crippen LogP contribution in [0.1, 0.15) is 21.6 Å². The molecule has 3 rings (SSSR count). The minimum atomic E-state index is -0.395. The number of carbonyl (C=O) groups is 1. The number of methoxy groups -OCH3 is 2. The van der Waals surface area contributed by atoms with Crippen molar-refractivity contribution in [3.8, 4) is 5.75 Å². The van der Waals surface area contributed by atoms with Crippen LogP contribution < -0.4 is 15.4 Å². The number of esters is 1. The fourth-order valence-electron chi connectivity index (χ4n) is 2.72. The van der Waals surface area contributed by atoms with Gasteiger partial charge in [-0.05, 0) is 31.2 Å². The Kier molecular flexibility index (Phi) is 6.06. The van der Waals surface area contributed by atoms with Crippen LogP contribution in [0.5, 0.6) is 5.75 Å². The summed E-state index contributed by atoms with van der Waals surface area (Å²) in [5, 5.41) is 6.43. The second kappa shape index (κ2) is 8.85. The molecule has 0 spiro atoms. The van der Waals surface area contributed by atoms with Crippen LogP contribution in [-0.2, 0) is 11.3 Å². The topological polar surface area (TPSA) is 85.4 Å². The lowest BCUT2D eigenvalue weighted by Gasteiger charge is -2.12. The van der Waals surface area contributed by atoms with E-state index >= 15 is 0 Å². The number of nitrogens with one attached hydrogen (secondary N) is 2. The fourth-order valence-corrected chi connectivity index (χ4v) is 2.72. The van der Waals surface area contributed by atoms with E-state index in [1.807, 2.05) is 43.3 Å². The molecule has 0 amide bonds. The zero-order valence-electron chi connectivity index (χ0n) is 16.0. The number of para-hydroxylation sites is 1. The number of carbonyl (C=O) groups excluding carboxylic acids is 1. The number of ether oxygens (including phenoxy) is 2. The van der Waals surface area contributed by atoms with E-state index in [1.165, 1.54) is 7.11 Å². The molecule has 1 heterocycles. The summed E-state index contributed by atoms with van der Waals surface area (Å²) in [5.41, 5.74) is 2.99. The zero-order valence-corrected chi connectivity index (χ0v) is 16.0. The fraction of sp³-hybridized carbons (Fsp3) is 0.190. The molecule has 0 saturated heterocycles. The molecule has 0 aliphatic heterocycles. The number of rotatable bonds is 7. The molecule has 2 aromatic carbocycles. The van der Waals surface area contributed by atoms with Crippen LogP contribution in [0.4, 0.5) is 17.5 Å². The van der Waals surface area contributed by atoms with Crippen LogP contribution in [0.25, 0.3) is 0 Å². The van der Waals surface area contributed by atoms with Crippen LogP contribution in [0.15, 0.2) is 54.6 Å². The summed E-state index contributed by atoms with van der Waals surface area (Å²) >= 11 is 0. The first-order valence-corrected chi connectivity index (χ1v) is 8.76. The lowest BCUT2D eigenvalue weighted by Crippen LogP contribution is -2.07. The molecule has 28 heavy (non-hydrogen) atoms. The summed E-state index contributed by atoms with van der Waals surface area (Å²) in [6.45, 7) is 2.46. The Labute approximate surface area is 163 Å². The van der Waals surface area contributed by atoms with E-state index in [1.54, 1.807) is 25.3 Å². The third-order valence-corrected chi connectivity index (χ3v) is 4.05. The third kappa shape index (κ3) is 4.76. The van der Waals surface area contributed by atoms with Crippen LogP contribution in [-0.4, -0.2) is 30.2 Å². The highest BCUT2D eigenvalue weighted by molar-refractivity contribution is 5.90. The summed E-state index contributed by atoms with van der Waals surface area (Å²) in [7, 11) is 3.00. The van der Waals surface area contributed by atoms with Gasteiger partial charge in [0.25, 0.3) is 0 Å². The van der Waals surface area contributed by atoms with Gasteiger partial charge in [0.05, 0.1) is 19.8 Å². The normalized spacial score (nSPS) is 10.2. The summed E-state index contributed by atoms with van der Waals surface area (Å²) in [6, 6.07) is 16.7. The Morgan fingerprint density at radius 1 is 1.04 bits per heavy atom.